The first-order valence-electron chi connectivity index (χ1n) is 9.36. The van der Waals surface area contributed by atoms with Gasteiger partial charge in [0.1, 0.15) is 5.25 Å². The van der Waals surface area contributed by atoms with Crippen molar-refractivity contribution in [3.63, 3.8) is 0 Å². The number of carbonyl (C=O) groups excluding carboxylic acids is 2. The Labute approximate surface area is 170 Å². The summed E-state index contributed by atoms with van der Waals surface area (Å²) >= 11 is 1.34. The minimum absolute atomic E-state index is 0.0929. The van der Waals surface area contributed by atoms with E-state index in [1.54, 1.807) is 7.05 Å². The van der Waals surface area contributed by atoms with Crippen molar-refractivity contribution in [3.8, 4) is 0 Å². The molecule has 146 valence electrons. The quantitative estimate of drug-likeness (QED) is 0.813. The molecule has 0 bridgehead atoms. The number of aryl methyl sites for hydroxylation is 3. The van der Waals surface area contributed by atoms with Gasteiger partial charge in [-0.15, -0.1) is 0 Å². The third-order valence-corrected chi connectivity index (χ3v) is 5.97. The lowest BCUT2D eigenvalue weighted by molar-refractivity contribution is -0.127. The van der Waals surface area contributed by atoms with E-state index in [0.717, 1.165) is 28.9 Å². The van der Waals surface area contributed by atoms with Crippen LogP contribution in [0.5, 0.6) is 0 Å². The molecule has 2 aromatic carbocycles. The van der Waals surface area contributed by atoms with Crippen LogP contribution in [-0.4, -0.2) is 34.2 Å². The number of anilines is 1. The number of nitrogens with zero attached hydrogens (tertiary/aromatic N) is 2. The van der Waals surface area contributed by atoms with Gasteiger partial charge in [0.2, 0.25) is 11.8 Å². The van der Waals surface area contributed by atoms with Gasteiger partial charge in [-0.05, 0) is 49.6 Å². The molecule has 0 aliphatic carbocycles. The fraction of sp³-hybridized carbons (Fsp3) is 0.318. The zero-order valence-corrected chi connectivity index (χ0v) is 17.5. The second-order valence-electron chi connectivity index (χ2n) is 6.99. The van der Waals surface area contributed by atoms with Gasteiger partial charge in [0.25, 0.3) is 0 Å². The lowest BCUT2D eigenvalue weighted by atomic mass is 10.1. The Morgan fingerprint density at radius 2 is 1.89 bits per heavy atom. The highest BCUT2D eigenvalue weighted by Gasteiger charge is 2.37. The molecule has 6 heteroatoms. The van der Waals surface area contributed by atoms with Crippen LogP contribution >= 0.6 is 11.8 Å². The number of carbonyl (C=O) groups is 2. The second-order valence-corrected chi connectivity index (χ2v) is 8.16. The van der Waals surface area contributed by atoms with Gasteiger partial charge in [0.15, 0.2) is 5.17 Å². The van der Waals surface area contributed by atoms with Gasteiger partial charge in [-0.2, -0.15) is 0 Å². The van der Waals surface area contributed by atoms with E-state index in [9.17, 15) is 9.59 Å². The number of hydrogen-bond donors (Lipinski definition) is 1. The largest absolute Gasteiger partial charge is 0.326 e. The molecule has 1 atom stereocenters. The molecule has 0 aromatic heterocycles. The molecule has 0 saturated carbocycles. The molecule has 1 aliphatic heterocycles. The maximum atomic E-state index is 12.6. The van der Waals surface area contributed by atoms with Crippen LogP contribution in [0, 0.1) is 13.8 Å². The van der Waals surface area contributed by atoms with Gasteiger partial charge in [0, 0.05) is 19.2 Å². The standard InChI is InChI=1S/C22H25N3O2S/c1-5-16-7-9-17(10-8-16)23-22-25(4)21(27)19(28-22)13-20(26)24-18-11-6-14(2)12-15(18)3/h6-12,19H,5,13H2,1-4H3,(H,24,26)/t19-/m1/s1. The molecule has 5 nitrogen and oxygen atoms in total. The number of benzene rings is 2. The molecule has 2 amide bonds. The van der Waals surface area contributed by atoms with Crippen molar-refractivity contribution in [2.45, 2.75) is 38.9 Å². The zero-order chi connectivity index (χ0) is 20.3. The van der Waals surface area contributed by atoms with Crippen LogP contribution in [0.15, 0.2) is 47.5 Å². The van der Waals surface area contributed by atoms with E-state index in [4.69, 9.17) is 0 Å². The minimum atomic E-state index is -0.454. The number of amides is 2. The highest BCUT2D eigenvalue weighted by Crippen LogP contribution is 2.31. The molecule has 1 fully saturated rings. The average molecular weight is 396 g/mol. The summed E-state index contributed by atoms with van der Waals surface area (Å²) in [4.78, 5) is 31.1. The molecule has 1 N–H and O–H groups in total. The van der Waals surface area contributed by atoms with Crippen LogP contribution in [0.1, 0.15) is 30.0 Å². The normalized spacial score (nSPS) is 18.0. The fourth-order valence-corrected chi connectivity index (χ4v) is 4.19. The summed E-state index contributed by atoms with van der Waals surface area (Å²) in [5, 5.41) is 3.08. The van der Waals surface area contributed by atoms with Gasteiger partial charge >= 0.3 is 0 Å². The first-order chi connectivity index (χ1) is 13.4. The van der Waals surface area contributed by atoms with E-state index in [1.807, 2.05) is 56.3 Å². The van der Waals surface area contributed by atoms with E-state index < -0.39 is 5.25 Å². The molecule has 0 spiro atoms. The number of amidine groups is 1. The van der Waals surface area contributed by atoms with Crippen LogP contribution in [0.25, 0.3) is 0 Å². The minimum Gasteiger partial charge on any atom is -0.326 e. The molecular formula is C22H25N3O2S. The smallest absolute Gasteiger partial charge is 0.242 e. The predicted molar refractivity (Wildman–Crippen MR) is 116 cm³/mol. The maximum Gasteiger partial charge on any atom is 0.242 e. The summed E-state index contributed by atoms with van der Waals surface area (Å²) in [5.41, 5.74) is 4.98. The first kappa shape index (κ1) is 20.1. The molecule has 28 heavy (non-hydrogen) atoms. The van der Waals surface area contributed by atoms with Crippen molar-refractivity contribution in [1.82, 2.24) is 4.90 Å². The average Bonchev–Trinajstić information content (AvgIpc) is 2.92. The SMILES string of the molecule is CCc1ccc(N=C2S[C@H](CC(=O)Nc3ccc(C)cc3C)C(=O)N2C)cc1. The summed E-state index contributed by atoms with van der Waals surface area (Å²) in [6.45, 7) is 6.08. The Morgan fingerprint density at radius 1 is 1.18 bits per heavy atom. The monoisotopic (exact) mass is 395 g/mol. The Morgan fingerprint density at radius 3 is 2.54 bits per heavy atom. The van der Waals surface area contributed by atoms with Crippen molar-refractivity contribution >= 4 is 40.1 Å². The Kier molecular flexibility index (Phi) is 6.19. The first-order valence-corrected chi connectivity index (χ1v) is 10.2. The topological polar surface area (TPSA) is 61.8 Å². The third-order valence-electron chi connectivity index (χ3n) is 4.74. The molecule has 0 unspecified atom stereocenters. The van der Waals surface area contributed by atoms with Crippen molar-refractivity contribution in [1.29, 1.82) is 0 Å². The molecule has 3 rings (SSSR count). The zero-order valence-electron chi connectivity index (χ0n) is 16.7. The second kappa shape index (κ2) is 8.61. The van der Waals surface area contributed by atoms with Gasteiger partial charge < -0.3 is 5.32 Å². The van der Waals surface area contributed by atoms with Crippen LogP contribution in [0.2, 0.25) is 0 Å². The van der Waals surface area contributed by atoms with E-state index in [2.05, 4.69) is 17.2 Å². The molecule has 0 radical (unpaired) electrons. The Bertz CT molecular complexity index is 922. The summed E-state index contributed by atoms with van der Waals surface area (Å²) < 4.78 is 0. The summed E-state index contributed by atoms with van der Waals surface area (Å²) in [7, 11) is 1.70. The van der Waals surface area contributed by atoms with Crippen molar-refractivity contribution in [2.24, 2.45) is 4.99 Å². The molecule has 1 aliphatic rings. The van der Waals surface area contributed by atoms with Crippen molar-refractivity contribution in [3.05, 3.63) is 59.2 Å². The lowest BCUT2D eigenvalue weighted by Crippen LogP contribution is -2.30. The number of hydrogen-bond acceptors (Lipinski definition) is 4. The van der Waals surface area contributed by atoms with E-state index in [-0.39, 0.29) is 18.2 Å². The molecule has 1 heterocycles. The van der Waals surface area contributed by atoms with Gasteiger partial charge in [-0.25, -0.2) is 4.99 Å². The number of rotatable bonds is 5. The van der Waals surface area contributed by atoms with Crippen molar-refractivity contribution in [2.75, 3.05) is 12.4 Å². The number of nitrogens with one attached hydrogen (secondary N) is 1. The predicted octanol–water partition coefficient (Wildman–Crippen LogP) is 4.46. The van der Waals surface area contributed by atoms with Gasteiger partial charge in [-0.1, -0.05) is 48.5 Å². The Hall–Kier alpha value is -2.60. The number of aliphatic imine (C=N–C) groups is 1. The van der Waals surface area contributed by atoms with Gasteiger partial charge in [-0.3, -0.25) is 14.5 Å². The highest BCUT2D eigenvalue weighted by atomic mass is 32.2. The van der Waals surface area contributed by atoms with Crippen LogP contribution in [-0.2, 0) is 16.0 Å². The summed E-state index contributed by atoms with van der Waals surface area (Å²) in [6.07, 6.45) is 1.09. The third kappa shape index (κ3) is 4.62. The fourth-order valence-electron chi connectivity index (χ4n) is 3.04. The van der Waals surface area contributed by atoms with Gasteiger partial charge in [0.05, 0.1) is 5.69 Å². The van der Waals surface area contributed by atoms with E-state index >= 15 is 0 Å². The van der Waals surface area contributed by atoms with E-state index in [0.29, 0.717) is 5.17 Å². The Balaban J connectivity index is 1.67. The van der Waals surface area contributed by atoms with Crippen LogP contribution < -0.4 is 5.32 Å². The van der Waals surface area contributed by atoms with Crippen molar-refractivity contribution < 1.29 is 9.59 Å². The highest BCUT2D eigenvalue weighted by molar-refractivity contribution is 8.15. The molecule has 2 aromatic rings. The molecular weight excluding hydrogens is 370 g/mol. The van der Waals surface area contributed by atoms with E-state index in [1.165, 1.54) is 22.2 Å². The summed E-state index contributed by atoms with van der Waals surface area (Å²) in [6, 6.07) is 13.8. The van der Waals surface area contributed by atoms with Crippen LogP contribution in [0.4, 0.5) is 11.4 Å². The molecule has 1 saturated heterocycles. The maximum absolute atomic E-state index is 12.6. The lowest BCUT2D eigenvalue weighted by Gasteiger charge is -2.11. The number of thioether (sulfide) groups is 1. The summed E-state index contributed by atoms with van der Waals surface area (Å²) in [5.74, 6) is -0.260. The van der Waals surface area contributed by atoms with Crippen LogP contribution in [0.3, 0.4) is 0 Å².